The molecule has 1 saturated carbocycles. The number of hydrogen-bond donors (Lipinski definition) is 2. The zero-order valence-corrected chi connectivity index (χ0v) is 15.5. The lowest BCUT2D eigenvalue weighted by atomic mass is 10.2. The van der Waals surface area contributed by atoms with Crippen molar-refractivity contribution in [3.63, 3.8) is 0 Å². The van der Waals surface area contributed by atoms with E-state index in [1.54, 1.807) is 0 Å². The highest BCUT2D eigenvalue weighted by Gasteiger charge is 2.29. The summed E-state index contributed by atoms with van der Waals surface area (Å²) in [5.74, 6) is 0.0866. The molecular formula is C20H30N4O2. The van der Waals surface area contributed by atoms with Crippen LogP contribution in [-0.4, -0.2) is 67.4 Å². The number of rotatable bonds is 9. The van der Waals surface area contributed by atoms with Crippen molar-refractivity contribution in [2.75, 3.05) is 45.8 Å². The number of hydrogen-bond acceptors (Lipinski definition) is 4. The monoisotopic (exact) mass is 358 g/mol. The summed E-state index contributed by atoms with van der Waals surface area (Å²) in [6.07, 6.45) is 2.87. The van der Waals surface area contributed by atoms with Crippen LogP contribution in [0.2, 0.25) is 0 Å². The van der Waals surface area contributed by atoms with Crippen LogP contribution >= 0.6 is 0 Å². The molecule has 1 aromatic rings. The number of benzene rings is 1. The molecule has 2 aliphatic rings. The highest BCUT2D eigenvalue weighted by atomic mass is 16.2. The van der Waals surface area contributed by atoms with E-state index in [1.807, 2.05) is 0 Å². The van der Waals surface area contributed by atoms with Gasteiger partial charge in [-0.25, -0.2) is 0 Å². The molecule has 2 fully saturated rings. The van der Waals surface area contributed by atoms with Gasteiger partial charge in [0.05, 0.1) is 6.54 Å². The Hall–Kier alpha value is -1.92. The Kier molecular flexibility index (Phi) is 7.03. The quantitative estimate of drug-likeness (QED) is 0.642. The van der Waals surface area contributed by atoms with Crippen LogP contribution in [-0.2, 0) is 16.1 Å². The third-order valence-electron chi connectivity index (χ3n) is 5.06. The summed E-state index contributed by atoms with van der Waals surface area (Å²) in [4.78, 5) is 28.2. The van der Waals surface area contributed by atoms with E-state index in [2.05, 4.69) is 50.8 Å². The Morgan fingerprint density at radius 3 is 2.35 bits per heavy atom. The van der Waals surface area contributed by atoms with Crippen LogP contribution in [0.4, 0.5) is 0 Å². The Bertz CT molecular complexity index is 581. The van der Waals surface area contributed by atoms with E-state index in [0.717, 1.165) is 58.5 Å². The van der Waals surface area contributed by atoms with Crippen molar-refractivity contribution in [2.45, 2.75) is 25.8 Å². The number of nitrogens with one attached hydrogen (secondary N) is 2. The minimum atomic E-state index is -0.0910. The summed E-state index contributed by atoms with van der Waals surface area (Å²) in [5, 5.41) is 5.58. The molecule has 2 N–H and O–H groups in total. The molecule has 1 saturated heterocycles. The average Bonchev–Trinajstić information content (AvgIpc) is 3.51. The molecule has 0 atom stereocenters. The van der Waals surface area contributed by atoms with E-state index in [4.69, 9.17) is 0 Å². The maximum absolute atomic E-state index is 11.7. The first-order valence-electron chi connectivity index (χ1n) is 9.74. The highest BCUT2D eigenvalue weighted by Crippen LogP contribution is 2.28. The predicted octanol–water partition coefficient (Wildman–Crippen LogP) is 0.837. The van der Waals surface area contributed by atoms with Crippen molar-refractivity contribution < 1.29 is 9.59 Å². The van der Waals surface area contributed by atoms with Crippen molar-refractivity contribution in [2.24, 2.45) is 5.92 Å². The third kappa shape index (κ3) is 6.42. The van der Waals surface area contributed by atoms with Crippen LogP contribution in [0, 0.1) is 5.92 Å². The fourth-order valence-corrected chi connectivity index (χ4v) is 3.26. The molecule has 1 aliphatic heterocycles. The maximum Gasteiger partial charge on any atom is 0.239 e. The molecular weight excluding hydrogens is 328 g/mol. The van der Waals surface area contributed by atoms with Crippen molar-refractivity contribution in [1.29, 1.82) is 0 Å². The molecule has 1 aliphatic carbocycles. The molecule has 26 heavy (non-hydrogen) atoms. The predicted molar refractivity (Wildman–Crippen MR) is 102 cm³/mol. The lowest BCUT2D eigenvalue weighted by molar-refractivity contribution is -0.126. The van der Waals surface area contributed by atoms with Gasteiger partial charge in [-0.05, 0) is 31.4 Å². The Morgan fingerprint density at radius 1 is 0.962 bits per heavy atom. The van der Waals surface area contributed by atoms with E-state index in [-0.39, 0.29) is 24.3 Å². The topological polar surface area (TPSA) is 64.7 Å². The molecule has 1 heterocycles. The lowest BCUT2D eigenvalue weighted by Crippen LogP contribution is -2.46. The van der Waals surface area contributed by atoms with Crippen molar-refractivity contribution >= 4 is 11.8 Å². The van der Waals surface area contributed by atoms with Gasteiger partial charge in [0, 0.05) is 45.2 Å². The second-order valence-electron chi connectivity index (χ2n) is 7.30. The van der Waals surface area contributed by atoms with Gasteiger partial charge in [-0.15, -0.1) is 0 Å². The summed E-state index contributed by atoms with van der Waals surface area (Å²) >= 11 is 0. The van der Waals surface area contributed by atoms with Gasteiger partial charge in [0.2, 0.25) is 11.8 Å². The van der Waals surface area contributed by atoms with Gasteiger partial charge in [-0.1, -0.05) is 30.3 Å². The van der Waals surface area contributed by atoms with Gasteiger partial charge in [0.1, 0.15) is 0 Å². The smallest absolute Gasteiger partial charge is 0.239 e. The number of amides is 2. The average molecular weight is 358 g/mol. The van der Waals surface area contributed by atoms with Gasteiger partial charge < -0.3 is 15.5 Å². The Morgan fingerprint density at radius 2 is 1.65 bits per heavy atom. The van der Waals surface area contributed by atoms with Gasteiger partial charge in [0.15, 0.2) is 0 Å². The van der Waals surface area contributed by atoms with E-state index >= 15 is 0 Å². The van der Waals surface area contributed by atoms with E-state index in [0.29, 0.717) is 6.54 Å². The molecule has 6 heteroatoms. The number of nitrogens with zero attached hydrogens (tertiary/aromatic N) is 2. The molecule has 3 rings (SSSR count). The molecule has 142 valence electrons. The van der Waals surface area contributed by atoms with Crippen molar-refractivity contribution in [3.8, 4) is 0 Å². The molecule has 1 aromatic carbocycles. The van der Waals surface area contributed by atoms with Crippen molar-refractivity contribution in [3.05, 3.63) is 35.9 Å². The minimum Gasteiger partial charge on any atom is -0.355 e. The van der Waals surface area contributed by atoms with Gasteiger partial charge in [-0.3, -0.25) is 14.5 Å². The molecule has 6 nitrogen and oxygen atoms in total. The normalized spacial score (nSPS) is 18.5. The zero-order chi connectivity index (χ0) is 18.2. The molecule has 0 radical (unpaired) electrons. The number of carbonyl (C=O) groups is 2. The molecule has 0 bridgehead atoms. The highest BCUT2D eigenvalue weighted by molar-refractivity contribution is 5.86. The number of piperazine rings is 1. The Labute approximate surface area is 155 Å². The van der Waals surface area contributed by atoms with Crippen LogP contribution in [0.15, 0.2) is 30.3 Å². The number of carbonyl (C=O) groups excluding carboxylic acids is 2. The lowest BCUT2D eigenvalue weighted by Gasteiger charge is -2.34. The first kappa shape index (κ1) is 18.9. The summed E-state index contributed by atoms with van der Waals surface area (Å²) in [5.41, 5.74) is 1.37. The molecule has 0 spiro atoms. The first-order valence-corrected chi connectivity index (χ1v) is 9.74. The largest absolute Gasteiger partial charge is 0.355 e. The van der Waals surface area contributed by atoms with E-state index < -0.39 is 0 Å². The standard InChI is InChI=1S/C20H30N4O2/c25-19(15-22-20(26)18-7-8-18)21-9-4-10-23-11-13-24(14-12-23)16-17-5-2-1-3-6-17/h1-3,5-6,18H,4,7-16H2,(H,21,25)(H,22,26). The van der Waals surface area contributed by atoms with Gasteiger partial charge in [-0.2, -0.15) is 0 Å². The van der Waals surface area contributed by atoms with Gasteiger partial charge >= 0.3 is 0 Å². The zero-order valence-electron chi connectivity index (χ0n) is 15.5. The maximum atomic E-state index is 11.7. The van der Waals surface area contributed by atoms with E-state index in [9.17, 15) is 9.59 Å². The summed E-state index contributed by atoms with van der Waals surface area (Å²) in [6, 6.07) is 10.6. The fourth-order valence-electron chi connectivity index (χ4n) is 3.26. The van der Waals surface area contributed by atoms with Crippen LogP contribution in [0.3, 0.4) is 0 Å². The van der Waals surface area contributed by atoms with Crippen LogP contribution in [0.5, 0.6) is 0 Å². The first-order chi connectivity index (χ1) is 12.7. The minimum absolute atomic E-state index is 0.0218. The summed E-state index contributed by atoms with van der Waals surface area (Å²) in [6.45, 7) is 7.15. The van der Waals surface area contributed by atoms with Crippen LogP contribution in [0.25, 0.3) is 0 Å². The third-order valence-corrected chi connectivity index (χ3v) is 5.06. The Balaban J connectivity index is 1.21. The second-order valence-corrected chi connectivity index (χ2v) is 7.30. The SMILES string of the molecule is O=C(CNC(=O)C1CC1)NCCCN1CCN(Cc2ccccc2)CC1. The molecule has 2 amide bonds. The molecule has 0 unspecified atom stereocenters. The summed E-state index contributed by atoms with van der Waals surface area (Å²) < 4.78 is 0. The van der Waals surface area contributed by atoms with Crippen LogP contribution < -0.4 is 10.6 Å². The van der Waals surface area contributed by atoms with Gasteiger partial charge in [0.25, 0.3) is 0 Å². The van der Waals surface area contributed by atoms with Crippen LogP contribution in [0.1, 0.15) is 24.8 Å². The molecule has 0 aromatic heterocycles. The van der Waals surface area contributed by atoms with E-state index in [1.165, 1.54) is 5.56 Å². The van der Waals surface area contributed by atoms with Crippen molar-refractivity contribution in [1.82, 2.24) is 20.4 Å². The second kappa shape index (κ2) is 9.69. The summed E-state index contributed by atoms with van der Waals surface area (Å²) in [7, 11) is 0. The fraction of sp³-hybridized carbons (Fsp3) is 0.600.